The number of nitrogens with zero attached hydrogens (tertiary/aromatic N) is 1. The number of hydrogen-bond donors (Lipinski definition) is 1. The van der Waals surface area contributed by atoms with Crippen molar-refractivity contribution in [1.29, 1.82) is 0 Å². The first-order valence-corrected chi connectivity index (χ1v) is 7.40. The lowest BCUT2D eigenvalue weighted by Gasteiger charge is -2.12. The summed E-state index contributed by atoms with van der Waals surface area (Å²) in [6, 6.07) is 0. The molecule has 1 heterocycles. The van der Waals surface area contributed by atoms with Crippen molar-refractivity contribution >= 4 is 10.0 Å². The van der Waals surface area contributed by atoms with Crippen LogP contribution in [0.1, 0.15) is 43.0 Å². The van der Waals surface area contributed by atoms with Crippen molar-refractivity contribution < 1.29 is 8.42 Å². The second-order valence-electron chi connectivity index (χ2n) is 4.31. The Balaban J connectivity index is 3.12. The summed E-state index contributed by atoms with van der Waals surface area (Å²) in [5, 5.41) is 5.16. The molecule has 1 rings (SSSR count). The number of rotatable bonds is 5. The average Bonchev–Trinajstić information content (AvgIpc) is 2.21. The molecule has 0 bridgehead atoms. The lowest BCUT2D eigenvalue weighted by Crippen LogP contribution is -2.16. The third kappa shape index (κ3) is 3.51. The summed E-state index contributed by atoms with van der Waals surface area (Å²) >= 11 is 0. The molecule has 1 aromatic rings. The van der Waals surface area contributed by atoms with E-state index in [1.165, 1.54) is 6.20 Å². The largest absolute Gasteiger partial charge is 0.260 e. The summed E-state index contributed by atoms with van der Waals surface area (Å²) in [5.74, 6) is 0. The first kappa shape index (κ1) is 14.1. The molecule has 0 aliphatic rings. The average molecular weight is 256 g/mol. The molecule has 2 N–H and O–H groups in total. The maximum absolute atomic E-state index is 11.4. The van der Waals surface area contributed by atoms with Gasteiger partial charge in [0.05, 0.1) is 0 Å². The standard InChI is InChI=1S/C12H20N2O2S/c1-4-5-6-7-11-9(2)12(17(13,15)16)8-14-10(11)3/h8H,4-7H2,1-3H3,(H2,13,15,16). The van der Waals surface area contributed by atoms with Gasteiger partial charge in [0.25, 0.3) is 0 Å². The number of nitrogens with two attached hydrogens (primary N) is 1. The van der Waals surface area contributed by atoms with E-state index in [4.69, 9.17) is 5.14 Å². The third-order valence-corrected chi connectivity index (χ3v) is 4.00. The second kappa shape index (κ2) is 5.60. The van der Waals surface area contributed by atoms with E-state index in [1.807, 2.05) is 6.92 Å². The van der Waals surface area contributed by atoms with Gasteiger partial charge in [-0.1, -0.05) is 19.8 Å². The number of unbranched alkanes of at least 4 members (excludes halogenated alkanes) is 2. The Morgan fingerprint density at radius 3 is 2.47 bits per heavy atom. The Kier molecular flexibility index (Phi) is 4.65. The molecule has 0 saturated heterocycles. The normalized spacial score (nSPS) is 11.8. The van der Waals surface area contributed by atoms with Gasteiger partial charge in [0.2, 0.25) is 10.0 Å². The van der Waals surface area contributed by atoms with Crippen LogP contribution in [-0.4, -0.2) is 13.4 Å². The molecule has 0 aliphatic carbocycles. The maximum atomic E-state index is 11.4. The zero-order valence-corrected chi connectivity index (χ0v) is 11.5. The summed E-state index contributed by atoms with van der Waals surface area (Å²) in [5.41, 5.74) is 2.66. The minimum Gasteiger partial charge on any atom is -0.260 e. The van der Waals surface area contributed by atoms with E-state index in [0.29, 0.717) is 0 Å². The van der Waals surface area contributed by atoms with Gasteiger partial charge in [0, 0.05) is 11.9 Å². The molecule has 0 spiro atoms. The second-order valence-corrected chi connectivity index (χ2v) is 5.84. The summed E-state index contributed by atoms with van der Waals surface area (Å²) in [7, 11) is -3.67. The van der Waals surface area contributed by atoms with Crippen LogP contribution in [0, 0.1) is 13.8 Å². The van der Waals surface area contributed by atoms with Gasteiger partial charge >= 0.3 is 0 Å². The van der Waals surface area contributed by atoms with Crippen molar-refractivity contribution in [2.24, 2.45) is 5.14 Å². The fourth-order valence-electron chi connectivity index (χ4n) is 1.96. The quantitative estimate of drug-likeness (QED) is 0.820. The molecular weight excluding hydrogens is 236 g/mol. The fraction of sp³-hybridized carbons (Fsp3) is 0.583. The Bertz CT molecular complexity index is 495. The van der Waals surface area contributed by atoms with E-state index in [9.17, 15) is 8.42 Å². The van der Waals surface area contributed by atoms with Crippen molar-refractivity contribution in [2.45, 2.75) is 51.3 Å². The van der Waals surface area contributed by atoms with Gasteiger partial charge in [0.15, 0.2) is 0 Å². The summed E-state index contributed by atoms with van der Waals surface area (Å²) < 4.78 is 22.8. The summed E-state index contributed by atoms with van der Waals surface area (Å²) in [6.07, 6.45) is 5.54. The van der Waals surface area contributed by atoms with Crippen molar-refractivity contribution in [3.8, 4) is 0 Å². The first-order valence-electron chi connectivity index (χ1n) is 5.85. The van der Waals surface area contributed by atoms with Crippen LogP contribution in [0.25, 0.3) is 0 Å². The van der Waals surface area contributed by atoms with Gasteiger partial charge in [-0.25, -0.2) is 13.6 Å². The Morgan fingerprint density at radius 1 is 1.29 bits per heavy atom. The zero-order valence-electron chi connectivity index (χ0n) is 10.7. The van der Waals surface area contributed by atoms with Crippen LogP contribution in [0.15, 0.2) is 11.1 Å². The number of pyridine rings is 1. The molecule has 0 aromatic carbocycles. The highest BCUT2D eigenvalue weighted by molar-refractivity contribution is 7.89. The predicted molar refractivity (Wildman–Crippen MR) is 68.3 cm³/mol. The molecule has 5 heteroatoms. The van der Waals surface area contributed by atoms with E-state index in [-0.39, 0.29) is 4.90 Å². The van der Waals surface area contributed by atoms with Crippen LogP contribution in [0.5, 0.6) is 0 Å². The Morgan fingerprint density at radius 2 is 1.94 bits per heavy atom. The number of primary sulfonamides is 1. The molecule has 0 unspecified atom stereocenters. The predicted octanol–water partition coefficient (Wildman–Crippen LogP) is 2.08. The fourth-order valence-corrected chi connectivity index (χ4v) is 2.71. The van der Waals surface area contributed by atoms with Gasteiger partial charge in [-0.05, 0) is 37.8 Å². The monoisotopic (exact) mass is 256 g/mol. The number of aromatic nitrogens is 1. The molecule has 0 aliphatic heterocycles. The Labute approximate surface area is 103 Å². The topological polar surface area (TPSA) is 73.0 Å². The van der Waals surface area contributed by atoms with Crippen molar-refractivity contribution in [2.75, 3.05) is 0 Å². The number of aryl methyl sites for hydroxylation is 1. The molecule has 1 aromatic heterocycles. The minimum absolute atomic E-state index is 0.148. The molecular formula is C12H20N2O2S. The van der Waals surface area contributed by atoms with Crippen LogP contribution < -0.4 is 5.14 Å². The van der Waals surface area contributed by atoms with E-state index in [2.05, 4.69) is 11.9 Å². The lowest BCUT2D eigenvalue weighted by molar-refractivity contribution is 0.596. The van der Waals surface area contributed by atoms with Crippen molar-refractivity contribution in [3.63, 3.8) is 0 Å². The molecule has 0 radical (unpaired) electrons. The number of sulfonamides is 1. The van der Waals surface area contributed by atoms with Crippen LogP contribution in [0.3, 0.4) is 0 Å². The van der Waals surface area contributed by atoms with Crippen molar-refractivity contribution in [3.05, 3.63) is 23.0 Å². The van der Waals surface area contributed by atoms with Crippen LogP contribution in [0.4, 0.5) is 0 Å². The van der Waals surface area contributed by atoms with E-state index < -0.39 is 10.0 Å². The van der Waals surface area contributed by atoms with Gasteiger partial charge in [0.1, 0.15) is 4.90 Å². The molecule has 0 atom stereocenters. The van der Waals surface area contributed by atoms with E-state index in [0.717, 1.165) is 42.5 Å². The smallest absolute Gasteiger partial charge is 0.239 e. The number of hydrogen-bond acceptors (Lipinski definition) is 3. The van der Waals surface area contributed by atoms with Crippen LogP contribution in [0.2, 0.25) is 0 Å². The van der Waals surface area contributed by atoms with Crippen molar-refractivity contribution in [1.82, 2.24) is 4.98 Å². The van der Waals surface area contributed by atoms with Gasteiger partial charge in [-0.15, -0.1) is 0 Å². The van der Waals surface area contributed by atoms with Crippen LogP contribution >= 0.6 is 0 Å². The third-order valence-electron chi connectivity index (χ3n) is 2.97. The van der Waals surface area contributed by atoms with Crippen LogP contribution in [-0.2, 0) is 16.4 Å². The molecule has 4 nitrogen and oxygen atoms in total. The highest BCUT2D eigenvalue weighted by Crippen LogP contribution is 2.21. The highest BCUT2D eigenvalue weighted by atomic mass is 32.2. The maximum Gasteiger partial charge on any atom is 0.239 e. The van der Waals surface area contributed by atoms with E-state index in [1.54, 1.807) is 6.92 Å². The first-order chi connectivity index (χ1) is 7.88. The Hall–Kier alpha value is -0.940. The summed E-state index contributed by atoms with van der Waals surface area (Å²) in [6.45, 7) is 5.84. The SMILES string of the molecule is CCCCCc1c(C)ncc(S(N)(=O)=O)c1C. The van der Waals surface area contributed by atoms with Gasteiger partial charge < -0.3 is 0 Å². The summed E-state index contributed by atoms with van der Waals surface area (Å²) in [4.78, 5) is 4.27. The molecule has 17 heavy (non-hydrogen) atoms. The zero-order chi connectivity index (χ0) is 13.1. The van der Waals surface area contributed by atoms with Gasteiger partial charge in [-0.2, -0.15) is 0 Å². The lowest BCUT2D eigenvalue weighted by atomic mass is 10.0. The molecule has 0 fully saturated rings. The molecule has 0 saturated carbocycles. The highest BCUT2D eigenvalue weighted by Gasteiger charge is 2.16. The minimum atomic E-state index is -3.67. The van der Waals surface area contributed by atoms with Gasteiger partial charge in [-0.3, -0.25) is 4.98 Å². The molecule has 96 valence electrons. The van der Waals surface area contributed by atoms with E-state index >= 15 is 0 Å². The molecule has 0 amide bonds.